The Morgan fingerprint density at radius 3 is 2.12 bits per heavy atom. The van der Waals surface area contributed by atoms with E-state index in [-0.39, 0.29) is 0 Å². The van der Waals surface area contributed by atoms with E-state index in [4.69, 9.17) is 0 Å². The van der Waals surface area contributed by atoms with Gasteiger partial charge in [-0.25, -0.2) is 4.79 Å². The molecule has 0 aliphatic heterocycles. The van der Waals surface area contributed by atoms with Gasteiger partial charge in [-0.05, 0) is 71.4 Å². The third kappa shape index (κ3) is 7.96. The highest BCUT2D eigenvalue weighted by molar-refractivity contribution is 5.89. The van der Waals surface area contributed by atoms with E-state index in [0.717, 1.165) is 31.2 Å². The molecule has 0 radical (unpaired) electrons. The van der Waals surface area contributed by atoms with Gasteiger partial charge < -0.3 is 5.11 Å². The summed E-state index contributed by atoms with van der Waals surface area (Å²) in [6, 6.07) is 7.22. The number of carboxylic acid groups (broad SMARTS) is 1. The fraction of sp³-hybridized carbons (Fsp3) is 0.409. The smallest absolute Gasteiger partial charge is 0.335 e. The van der Waals surface area contributed by atoms with Crippen LogP contribution in [0.5, 0.6) is 0 Å². The summed E-state index contributed by atoms with van der Waals surface area (Å²) in [5.41, 5.74) is 5.40. The van der Waals surface area contributed by atoms with Gasteiger partial charge in [0.2, 0.25) is 0 Å². The molecule has 1 aromatic rings. The fourth-order valence-electron chi connectivity index (χ4n) is 2.53. The highest BCUT2D eigenvalue weighted by Gasteiger charge is 2.07. The molecular weight excluding hydrogens is 296 g/mol. The Bertz CT molecular complexity index is 629. The zero-order valence-electron chi connectivity index (χ0n) is 15.4. The van der Waals surface area contributed by atoms with Crippen LogP contribution >= 0.6 is 0 Å². The first-order chi connectivity index (χ1) is 11.4. The number of allylic oxidation sites excluding steroid dienone is 6. The van der Waals surface area contributed by atoms with E-state index in [0.29, 0.717) is 12.0 Å². The van der Waals surface area contributed by atoms with Crippen LogP contribution in [-0.4, -0.2) is 11.1 Å². The van der Waals surface area contributed by atoms with E-state index >= 15 is 0 Å². The maximum absolute atomic E-state index is 11.2. The summed E-state index contributed by atoms with van der Waals surface area (Å²) in [7, 11) is 0. The quantitative estimate of drug-likeness (QED) is 0.537. The van der Waals surface area contributed by atoms with Gasteiger partial charge in [0.05, 0.1) is 5.56 Å². The molecule has 0 atom stereocenters. The van der Waals surface area contributed by atoms with Crippen molar-refractivity contribution in [1.82, 2.24) is 0 Å². The topological polar surface area (TPSA) is 37.3 Å². The first-order valence-electron chi connectivity index (χ1n) is 8.66. The van der Waals surface area contributed by atoms with E-state index in [1.165, 1.54) is 16.7 Å². The molecule has 0 aromatic heterocycles. The second kappa shape index (κ2) is 10.6. The standard InChI is InChI=1S/C22H30O2/c1-17(2)9-7-10-18(3)11-8-12-19(4)15-16-20-13-5-6-14-21(20)22(23)24/h5-6,9,11,13-15H,7-8,10,12,16H2,1-4H3,(H,23,24). The number of hydrogen-bond donors (Lipinski definition) is 1. The second-order valence-electron chi connectivity index (χ2n) is 6.63. The zero-order chi connectivity index (χ0) is 17.9. The average Bonchev–Trinajstić information content (AvgIpc) is 2.52. The van der Waals surface area contributed by atoms with Gasteiger partial charge in [-0.2, -0.15) is 0 Å². The molecule has 0 unspecified atom stereocenters. The van der Waals surface area contributed by atoms with Crippen LogP contribution in [0.1, 0.15) is 69.3 Å². The number of carboxylic acids is 1. The molecule has 0 saturated carbocycles. The normalized spacial score (nSPS) is 12.2. The molecule has 130 valence electrons. The molecule has 0 fully saturated rings. The van der Waals surface area contributed by atoms with Gasteiger partial charge in [0.25, 0.3) is 0 Å². The SMILES string of the molecule is CC(C)=CCCC(C)=CCCC(C)=CCc1ccccc1C(=O)O. The predicted octanol–water partition coefficient (Wildman–Crippen LogP) is 6.35. The maximum atomic E-state index is 11.2. The molecule has 24 heavy (non-hydrogen) atoms. The fourth-order valence-corrected chi connectivity index (χ4v) is 2.53. The highest BCUT2D eigenvalue weighted by atomic mass is 16.4. The molecule has 0 spiro atoms. The Morgan fingerprint density at radius 2 is 1.50 bits per heavy atom. The lowest BCUT2D eigenvalue weighted by molar-refractivity contribution is 0.0696. The van der Waals surface area contributed by atoms with Gasteiger partial charge in [0, 0.05) is 0 Å². The summed E-state index contributed by atoms with van der Waals surface area (Å²) < 4.78 is 0. The summed E-state index contributed by atoms with van der Waals surface area (Å²) in [4.78, 5) is 11.2. The summed E-state index contributed by atoms with van der Waals surface area (Å²) in [6.45, 7) is 8.59. The maximum Gasteiger partial charge on any atom is 0.335 e. The van der Waals surface area contributed by atoms with Crippen molar-refractivity contribution in [2.24, 2.45) is 0 Å². The minimum Gasteiger partial charge on any atom is -0.478 e. The van der Waals surface area contributed by atoms with Gasteiger partial charge in [-0.3, -0.25) is 0 Å². The van der Waals surface area contributed by atoms with Crippen molar-refractivity contribution >= 4 is 5.97 Å². The van der Waals surface area contributed by atoms with Gasteiger partial charge >= 0.3 is 5.97 Å². The summed E-state index contributed by atoms with van der Waals surface area (Å²) >= 11 is 0. The third-order valence-electron chi connectivity index (χ3n) is 4.04. The largest absolute Gasteiger partial charge is 0.478 e. The van der Waals surface area contributed by atoms with Crippen LogP contribution in [0.15, 0.2) is 59.2 Å². The number of rotatable bonds is 9. The zero-order valence-corrected chi connectivity index (χ0v) is 15.4. The van der Waals surface area contributed by atoms with Crippen LogP contribution in [0, 0.1) is 0 Å². The summed E-state index contributed by atoms with van der Waals surface area (Å²) in [5, 5.41) is 9.21. The van der Waals surface area contributed by atoms with Gasteiger partial charge in [0.15, 0.2) is 0 Å². The average molecular weight is 326 g/mol. The van der Waals surface area contributed by atoms with Crippen molar-refractivity contribution in [1.29, 1.82) is 0 Å². The van der Waals surface area contributed by atoms with E-state index in [1.54, 1.807) is 12.1 Å². The lowest BCUT2D eigenvalue weighted by Crippen LogP contribution is -2.01. The molecule has 0 bridgehead atoms. The molecule has 0 heterocycles. The van der Waals surface area contributed by atoms with Crippen molar-refractivity contribution in [3.05, 3.63) is 70.3 Å². The molecule has 0 aliphatic rings. The van der Waals surface area contributed by atoms with Crippen LogP contribution in [0.4, 0.5) is 0 Å². The van der Waals surface area contributed by atoms with Crippen LogP contribution in [0.25, 0.3) is 0 Å². The Kier molecular flexibility index (Phi) is 8.85. The minimum absolute atomic E-state index is 0.400. The Labute approximate surface area is 146 Å². The minimum atomic E-state index is -0.855. The Balaban J connectivity index is 2.48. The van der Waals surface area contributed by atoms with E-state index in [1.807, 2.05) is 12.1 Å². The summed E-state index contributed by atoms with van der Waals surface area (Å²) in [6.07, 6.45) is 11.7. The monoisotopic (exact) mass is 326 g/mol. The molecule has 1 N–H and O–H groups in total. The molecule has 1 aromatic carbocycles. The Morgan fingerprint density at radius 1 is 0.917 bits per heavy atom. The molecule has 2 nitrogen and oxygen atoms in total. The lowest BCUT2D eigenvalue weighted by Gasteiger charge is -2.04. The van der Waals surface area contributed by atoms with Gasteiger partial charge in [-0.1, -0.05) is 53.1 Å². The van der Waals surface area contributed by atoms with Gasteiger partial charge in [-0.15, -0.1) is 0 Å². The molecular formula is C22H30O2. The lowest BCUT2D eigenvalue weighted by atomic mass is 10.0. The van der Waals surface area contributed by atoms with Crippen molar-refractivity contribution in [2.45, 2.75) is 59.8 Å². The van der Waals surface area contributed by atoms with Crippen molar-refractivity contribution in [3.63, 3.8) is 0 Å². The van der Waals surface area contributed by atoms with Crippen molar-refractivity contribution in [2.75, 3.05) is 0 Å². The number of hydrogen-bond acceptors (Lipinski definition) is 1. The van der Waals surface area contributed by atoms with Crippen LogP contribution in [-0.2, 0) is 6.42 Å². The number of carbonyl (C=O) groups is 1. The third-order valence-corrected chi connectivity index (χ3v) is 4.04. The van der Waals surface area contributed by atoms with Crippen LogP contribution in [0.3, 0.4) is 0 Å². The molecule has 0 aliphatic carbocycles. The van der Waals surface area contributed by atoms with Crippen LogP contribution < -0.4 is 0 Å². The van der Waals surface area contributed by atoms with Crippen molar-refractivity contribution in [3.8, 4) is 0 Å². The van der Waals surface area contributed by atoms with Crippen LogP contribution in [0.2, 0.25) is 0 Å². The molecule has 1 rings (SSSR count). The molecule has 0 amide bonds. The number of aromatic carboxylic acids is 1. The molecule has 0 saturated heterocycles. The van der Waals surface area contributed by atoms with Crippen molar-refractivity contribution < 1.29 is 9.90 Å². The Hall–Kier alpha value is -2.09. The molecule has 2 heteroatoms. The highest BCUT2D eigenvalue weighted by Crippen LogP contribution is 2.14. The van der Waals surface area contributed by atoms with Gasteiger partial charge in [0.1, 0.15) is 0 Å². The number of benzene rings is 1. The predicted molar refractivity (Wildman–Crippen MR) is 103 cm³/mol. The first-order valence-corrected chi connectivity index (χ1v) is 8.66. The van der Waals surface area contributed by atoms with E-state index in [2.05, 4.69) is 45.9 Å². The first kappa shape index (κ1) is 20.0. The second-order valence-corrected chi connectivity index (χ2v) is 6.63. The summed E-state index contributed by atoms with van der Waals surface area (Å²) in [5.74, 6) is -0.855. The van der Waals surface area contributed by atoms with E-state index < -0.39 is 5.97 Å². The van der Waals surface area contributed by atoms with E-state index in [9.17, 15) is 9.90 Å².